The van der Waals surface area contributed by atoms with Crippen LogP contribution in [0.4, 0.5) is 17.1 Å². The molecule has 5 aromatic carbocycles. The molecule has 3 heterocycles. The van der Waals surface area contributed by atoms with E-state index in [0.29, 0.717) is 11.5 Å². The van der Waals surface area contributed by atoms with Crippen molar-refractivity contribution in [3.05, 3.63) is 146 Å². The van der Waals surface area contributed by atoms with Gasteiger partial charge < -0.3 is 19.1 Å². The van der Waals surface area contributed by atoms with Crippen molar-refractivity contribution in [2.24, 2.45) is 0 Å². The van der Waals surface area contributed by atoms with Crippen molar-refractivity contribution in [1.82, 2.24) is 9.55 Å². The van der Waals surface area contributed by atoms with Crippen molar-refractivity contribution in [2.45, 2.75) is 26.2 Å². The fourth-order valence-corrected chi connectivity index (χ4v) is 6.26. The molecular formula is C41H33N4OPt-3. The molecule has 236 valence electrons. The third kappa shape index (κ3) is 5.59. The molecule has 7 aromatic rings. The Morgan fingerprint density at radius 1 is 0.702 bits per heavy atom. The van der Waals surface area contributed by atoms with Crippen LogP contribution in [0.5, 0.6) is 11.5 Å². The molecule has 0 saturated heterocycles. The van der Waals surface area contributed by atoms with Gasteiger partial charge in [-0.3, -0.25) is 0 Å². The fraction of sp³-hybridized carbons (Fsp3) is 0.122. The number of hydrogen-bond donors (Lipinski definition) is 0. The van der Waals surface area contributed by atoms with Crippen LogP contribution < -0.4 is 14.5 Å². The topological polar surface area (TPSA) is 33.5 Å². The molecular weight excluding hydrogens is 760 g/mol. The number of nitrogens with zero attached hydrogens (tertiary/aromatic N) is 4. The first kappa shape index (κ1) is 30.8. The predicted octanol–water partition coefficient (Wildman–Crippen LogP) is 10.2. The molecule has 6 heteroatoms. The van der Waals surface area contributed by atoms with E-state index in [1.54, 1.807) is 0 Å². The van der Waals surface area contributed by atoms with Crippen molar-refractivity contribution in [3.63, 3.8) is 0 Å². The molecule has 0 radical (unpaired) electrons. The number of anilines is 3. The Hall–Kier alpha value is -4.86. The van der Waals surface area contributed by atoms with Crippen LogP contribution in [0, 0.1) is 18.8 Å². The van der Waals surface area contributed by atoms with Gasteiger partial charge in [0, 0.05) is 55.7 Å². The molecule has 5 nitrogen and oxygen atoms in total. The summed E-state index contributed by atoms with van der Waals surface area (Å²) in [5.41, 5.74) is 8.61. The first-order valence-corrected chi connectivity index (χ1v) is 15.5. The Bertz CT molecular complexity index is 2220. The van der Waals surface area contributed by atoms with Gasteiger partial charge in [-0.1, -0.05) is 87.0 Å². The Morgan fingerprint density at radius 3 is 2.28 bits per heavy atom. The summed E-state index contributed by atoms with van der Waals surface area (Å²) in [4.78, 5) is 9.03. The second kappa shape index (κ2) is 12.1. The van der Waals surface area contributed by atoms with Gasteiger partial charge in [-0.25, -0.2) is 4.98 Å². The summed E-state index contributed by atoms with van der Waals surface area (Å²) in [6, 6.07) is 46.9. The molecule has 8 rings (SSSR count). The minimum atomic E-state index is 0. The van der Waals surface area contributed by atoms with Gasteiger partial charge in [-0.2, -0.15) is 12.7 Å². The fourth-order valence-electron chi connectivity index (χ4n) is 6.26. The summed E-state index contributed by atoms with van der Waals surface area (Å²) < 4.78 is 8.77. The summed E-state index contributed by atoms with van der Waals surface area (Å²) in [6.07, 6.45) is 1.82. The van der Waals surface area contributed by atoms with E-state index in [1.165, 1.54) is 5.56 Å². The van der Waals surface area contributed by atoms with E-state index in [1.807, 2.05) is 36.5 Å². The maximum Gasteiger partial charge on any atom is 0.135 e. The second-order valence-electron chi connectivity index (χ2n) is 12.8. The monoisotopic (exact) mass is 792 g/mol. The molecule has 47 heavy (non-hydrogen) atoms. The van der Waals surface area contributed by atoms with Gasteiger partial charge in [0.1, 0.15) is 5.82 Å². The average molecular weight is 793 g/mol. The number of pyridine rings is 1. The number of ether oxygens (including phenoxy) is 1. The number of rotatable bonds is 5. The number of aromatic nitrogens is 2. The maximum atomic E-state index is 6.63. The van der Waals surface area contributed by atoms with Crippen LogP contribution >= 0.6 is 0 Å². The number of fused-ring (bicyclic) bond motifs is 4. The van der Waals surface area contributed by atoms with Crippen LogP contribution in [-0.2, 0) is 26.5 Å². The zero-order chi connectivity index (χ0) is 31.4. The smallest absolute Gasteiger partial charge is 0.135 e. The Morgan fingerprint density at radius 2 is 1.49 bits per heavy atom. The third-order valence-electron chi connectivity index (χ3n) is 8.62. The van der Waals surface area contributed by atoms with Gasteiger partial charge in [0.25, 0.3) is 0 Å². The van der Waals surface area contributed by atoms with Gasteiger partial charge in [-0.05, 0) is 59.3 Å². The van der Waals surface area contributed by atoms with Crippen molar-refractivity contribution >= 4 is 38.9 Å². The Balaban J connectivity index is 0.00000351. The Kier molecular flexibility index (Phi) is 7.90. The van der Waals surface area contributed by atoms with E-state index in [4.69, 9.17) is 4.74 Å². The molecule has 0 unspecified atom stereocenters. The van der Waals surface area contributed by atoms with Gasteiger partial charge in [-0.15, -0.1) is 47.0 Å². The second-order valence-corrected chi connectivity index (χ2v) is 12.8. The number of benzene rings is 5. The van der Waals surface area contributed by atoms with Gasteiger partial charge in [0.15, 0.2) is 0 Å². The first-order valence-electron chi connectivity index (χ1n) is 15.5. The molecule has 0 atom stereocenters. The standard InChI is InChI=1S/C41H33N4O.Pt/c1-41(2,3)30-17-20-37-39(24-30)44(27-43(37)4)31-22-29(28-12-6-5-7-13-28)23-33(25-31)46-32-18-19-35-34-14-8-9-15-36(34)45(38(35)26-32)40-16-10-11-21-42-40;/h5-24,27H,1-4H3;/q-3;. The molecule has 2 aromatic heterocycles. The summed E-state index contributed by atoms with van der Waals surface area (Å²) in [5, 5.41) is 2.24. The molecule has 1 aliphatic rings. The van der Waals surface area contributed by atoms with Gasteiger partial charge in [0.2, 0.25) is 0 Å². The van der Waals surface area contributed by atoms with Crippen molar-refractivity contribution in [1.29, 1.82) is 0 Å². The van der Waals surface area contributed by atoms with Gasteiger partial charge in [0.05, 0.1) is 0 Å². The molecule has 0 spiro atoms. The third-order valence-corrected chi connectivity index (χ3v) is 8.62. The van der Waals surface area contributed by atoms with E-state index in [9.17, 15) is 0 Å². The van der Waals surface area contributed by atoms with Crippen molar-refractivity contribution in [3.8, 4) is 28.4 Å². The molecule has 0 aliphatic carbocycles. The van der Waals surface area contributed by atoms with Crippen molar-refractivity contribution in [2.75, 3.05) is 16.8 Å². The summed E-state index contributed by atoms with van der Waals surface area (Å²) in [5.74, 6) is 2.06. The van der Waals surface area contributed by atoms with Crippen molar-refractivity contribution < 1.29 is 25.8 Å². The van der Waals surface area contributed by atoms with Crippen LogP contribution in [0.2, 0.25) is 0 Å². The van der Waals surface area contributed by atoms with Crippen LogP contribution in [-0.4, -0.2) is 16.6 Å². The largest absolute Gasteiger partial charge is 0.509 e. The zero-order valence-electron chi connectivity index (χ0n) is 26.6. The average Bonchev–Trinajstić information content (AvgIpc) is 3.59. The molecule has 0 saturated carbocycles. The van der Waals surface area contributed by atoms with Crippen LogP contribution in [0.1, 0.15) is 26.3 Å². The van der Waals surface area contributed by atoms with E-state index in [2.05, 4.69) is 151 Å². The summed E-state index contributed by atoms with van der Waals surface area (Å²) >= 11 is 0. The minimum Gasteiger partial charge on any atom is -0.509 e. The number of para-hydroxylation sites is 1. The molecule has 0 bridgehead atoms. The SMILES string of the molecule is CN1[CH-]N(c2[c-]c(Oc3[c-]c4c(cc3)c3ccccc3n4-c3ccccn3)cc(-c3ccccc3)c2)c2cc(C(C)(C)C)ccc21.[Pt]. The van der Waals surface area contributed by atoms with E-state index in [-0.39, 0.29) is 26.5 Å². The van der Waals surface area contributed by atoms with E-state index < -0.39 is 0 Å². The summed E-state index contributed by atoms with van der Waals surface area (Å²) in [6.45, 7) is 8.85. The number of hydrogen-bond acceptors (Lipinski definition) is 4. The Labute approximate surface area is 290 Å². The van der Waals surface area contributed by atoms with E-state index >= 15 is 0 Å². The first-order chi connectivity index (χ1) is 22.3. The summed E-state index contributed by atoms with van der Waals surface area (Å²) in [7, 11) is 2.08. The minimum absolute atomic E-state index is 0. The predicted molar refractivity (Wildman–Crippen MR) is 188 cm³/mol. The molecule has 0 amide bonds. The molecule has 1 aliphatic heterocycles. The van der Waals surface area contributed by atoms with Crippen LogP contribution in [0.3, 0.4) is 0 Å². The zero-order valence-corrected chi connectivity index (χ0v) is 28.9. The quantitative estimate of drug-likeness (QED) is 0.163. The van der Waals surface area contributed by atoms with Crippen LogP contribution in [0.15, 0.2) is 121 Å². The van der Waals surface area contributed by atoms with Crippen LogP contribution in [0.25, 0.3) is 38.8 Å². The van der Waals surface area contributed by atoms with Gasteiger partial charge >= 0.3 is 0 Å². The molecule has 0 N–H and O–H groups in total. The normalized spacial score (nSPS) is 12.8. The van der Waals surface area contributed by atoms with E-state index in [0.717, 1.165) is 55.8 Å². The molecule has 0 fully saturated rings. The maximum absolute atomic E-state index is 6.63.